The average Bonchev–Trinajstić information content (AvgIpc) is 2.39. The van der Waals surface area contributed by atoms with Crippen LogP contribution in [0.4, 0.5) is 14.5 Å². The van der Waals surface area contributed by atoms with Gasteiger partial charge >= 0.3 is 0 Å². The molecule has 100 valence electrons. The molecule has 5 heteroatoms. The highest BCUT2D eigenvalue weighted by Crippen LogP contribution is 2.30. The van der Waals surface area contributed by atoms with E-state index in [-0.39, 0.29) is 5.56 Å². The Kier molecular flexibility index (Phi) is 3.95. The van der Waals surface area contributed by atoms with E-state index in [1.165, 1.54) is 36.4 Å². The summed E-state index contributed by atoms with van der Waals surface area (Å²) in [6.07, 6.45) is 0. The standard InChI is InChI=1S/C14H13F2NOS/c15-14(16,11-5-2-1-3-6-11)10-19(18)13-8-4-7-12(17)9-13/h1-9H,10,17H2. The third-order valence-electron chi connectivity index (χ3n) is 2.63. The summed E-state index contributed by atoms with van der Waals surface area (Å²) < 4.78 is 39.9. The van der Waals surface area contributed by atoms with Crippen LogP contribution in [0.3, 0.4) is 0 Å². The first-order valence-electron chi connectivity index (χ1n) is 5.66. The van der Waals surface area contributed by atoms with E-state index in [9.17, 15) is 13.0 Å². The zero-order valence-corrected chi connectivity index (χ0v) is 10.9. The van der Waals surface area contributed by atoms with Crippen molar-refractivity contribution in [1.82, 2.24) is 0 Å². The molecule has 1 atom stereocenters. The van der Waals surface area contributed by atoms with Gasteiger partial charge in [0.2, 0.25) is 0 Å². The second-order valence-corrected chi connectivity index (χ2v) is 5.58. The number of anilines is 1. The monoisotopic (exact) mass is 281 g/mol. The molecule has 0 aliphatic rings. The van der Waals surface area contributed by atoms with Crippen molar-refractivity contribution in [1.29, 1.82) is 0 Å². The molecule has 0 aliphatic carbocycles. The Labute approximate surface area is 112 Å². The van der Waals surface area contributed by atoms with E-state index >= 15 is 0 Å². The lowest BCUT2D eigenvalue weighted by Gasteiger charge is -2.16. The summed E-state index contributed by atoms with van der Waals surface area (Å²) in [7, 11) is -1.79. The molecule has 0 fully saturated rings. The zero-order chi connectivity index (χ0) is 13.9. The first-order valence-corrected chi connectivity index (χ1v) is 6.98. The topological polar surface area (TPSA) is 43.1 Å². The molecule has 0 heterocycles. The van der Waals surface area contributed by atoms with E-state index < -0.39 is 22.5 Å². The van der Waals surface area contributed by atoms with Gasteiger partial charge in [-0.3, -0.25) is 4.21 Å². The van der Waals surface area contributed by atoms with Crippen LogP contribution in [0.2, 0.25) is 0 Å². The Balaban J connectivity index is 2.19. The molecule has 0 amide bonds. The van der Waals surface area contributed by atoms with Gasteiger partial charge in [-0.1, -0.05) is 36.4 Å². The normalized spacial score (nSPS) is 13.2. The molecule has 2 aromatic carbocycles. The largest absolute Gasteiger partial charge is 0.399 e. The molecule has 0 bridgehead atoms. The van der Waals surface area contributed by atoms with Crippen LogP contribution in [0.5, 0.6) is 0 Å². The molecule has 0 spiro atoms. The molecule has 0 saturated heterocycles. The summed E-state index contributed by atoms with van der Waals surface area (Å²) in [6.45, 7) is 0. The van der Waals surface area contributed by atoms with Crippen LogP contribution in [-0.4, -0.2) is 9.96 Å². The summed E-state index contributed by atoms with van der Waals surface area (Å²) in [5.41, 5.74) is 5.83. The molecule has 2 aromatic rings. The molecule has 0 aromatic heterocycles. The first-order chi connectivity index (χ1) is 8.99. The van der Waals surface area contributed by atoms with E-state index in [4.69, 9.17) is 5.73 Å². The Bertz CT molecular complexity index is 587. The van der Waals surface area contributed by atoms with Gasteiger partial charge in [-0.2, -0.15) is 0 Å². The van der Waals surface area contributed by atoms with Crippen LogP contribution in [0.25, 0.3) is 0 Å². The Hall–Kier alpha value is -1.75. The molecule has 0 aliphatic heterocycles. The molecular weight excluding hydrogens is 268 g/mol. The van der Waals surface area contributed by atoms with E-state index in [2.05, 4.69) is 0 Å². The van der Waals surface area contributed by atoms with Crippen molar-refractivity contribution < 1.29 is 13.0 Å². The maximum Gasteiger partial charge on any atom is 0.284 e. The van der Waals surface area contributed by atoms with Crippen molar-refractivity contribution in [3.63, 3.8) is 0 Å². The first kappa shape index (κ1) is 13.7. The summed E-state index contributed by atoms with van der Waals surface area (Å²) in [5.74, 6) is -3.88. The maximum atomic E-state index is 14.0. The lowest BCUT2D eigenvalue weighted by molar-refractivity contribution is 0.0222. The van der Waals surface area contributed by atoms with Crippen molar-refractivity contribution in [3.8, 4) is 0 Å². The SMILES string of the molecule is Nc1cccc(S(=O)CC(F)(F)c2ccccc2)c1. The zero-order valence-electron chi connectivity index (χ0n) is 10.1. The number of hydrogen-bond acceptors (Lipinski definition) is 2. The molecular formula is C14H13F2NOS. The predicted octanol–water partition coefficient (Wildman–Crippen LogP) is 3.17. The van der Waals surface area contributed by atoms with Gasteiger partial charge in [-0.05, 0) is 18.2 Å². The van der Waals surface area contributed by atoms with Crippen molar-refractivity contribution in [2.45, 2.75) is 10.8 Å². The van der Waals surface area contributed by atoms with Gasteiger partial charge < -0.3 is 5.73 Å². The van der Waals surface area contributed by atoms with Crippen molar-refractivity contribution in [2.75, 3.05) is 11.5 Å². The fraction of sp³-hybridized carbons (Fsp3) is 0.143. The molecule has 0 saturated carbocycles. The van der Waals surface area contributed by atoms with Gasteiger partial charge in [0.15, 0.2) is 0 Å². The molecule has 2 nitrogen and oxygen atoms in total. The van der Waals surface area contributed by atoms with Crippen LogP contribution in [0, 0.1) is 0 Å². The maximum absolute atomic E-state index is 14.0. The Morgan fingerprint density at radius 2 is 1.74 bits per heavy atom. The van der Waals surface area contributed by atoms with E-state index in [0.29, 0.717) is 10.6 Å². The lowest BCUT2D eigenvalue weighted by Crippen LogP contribution is -2.22. The second kappa shape index (κ2) is 5.48. The molecule has 0 radical (unpaired) electrons. The summed E-state index contributed by atoms with van der Waals surface area (Å²) in [4.78, 5) is 0.315. The highest BCUT2D eigenvalue weighted by molar-refractivity contribution is 7.85. The van der Waals surface area contributed by atoms with Crippen molar-refractivity contribution in [3.05, 3.63) is 60.2 Å². The van der Waals surface area contributed by atoms with E-state index in [1.54, 1.807) is 18.2 Å². The number of hydrogen-bond donors (Lipinski definition) is 1. The minimum absolute atomic E-state index is 0.132. The van der Waals surface area contributed by atoms with E-state index in [1.807, 2.05) is 0 Å². The number of benzene rings is 2. The van der Waals surface area contributed by atoms with Crippen molar-refractivity contribution in [2.24, 2.45) is 0 Å². The van der Waals surface area contributed by atoms with Crippen LogP contribution in [-0.2, 0) is 16.7 Å². The number of rotatable bonds is 4. The van der Waals surface area contributed by atoms with Gasteiger partial charge in [-0.25, -0.2) is 8.78 Å². The quantitative estimate of drug-likeness (QED) is 0.875. The molecule has 19 heavy (non-hydrogen) atoms. The highest BCUT2D eigenvalue weighted by Gasteiger charge is 2.34. The molecule has 1 unspecified atom stereocenters. The fourth-order valence-electron chi connectivity index (χ4n) is 1.67. The summed E-state index contributed by atoms with van der Waals surface area (Å²) in [6, 6.07) is 13.6. The lowest BCUT2D eigenvalue weighted by atomic mass is 10.1. The van der Waals surface area contributed by atoms with Gasteiger partial charge in [0.1, 0.15) is 0 Å². The highest BCUT2D eigenvalue weighted by atomic mass is 32.2. The Morgan fingerprint density at radius 3 is 2.37 bits per heavy atom. The van der Waals surface area contributed by atoms with E-state index in [0.717, 1.165) is 0 Å². The van der Waals surface area contributed by atoms with Crippen LogP contribution in [0.1, 0.15) is 5.56 Å². The predicted molar refractivity (Wildman–Crippen MR) is 72.5 cm³/mol. The van der Waals surface area contributed by atoms with Gasteiger partial charge in [-0.15, -0.1) is 0 Å². The smallest absolute Gasteiger partial charge is 0.284 e. The molecule has 2 N–H and O–H groups in total. The number of alkyl halides is 2. The summed E-state index contributed by atoms with van der Waals surface area (Å²) >= 11 is 0. The number of nitrogens with two attached hydrogens (primary N) is 1. The van der Waals surface area contributed by atoms with Gasteiger partial charge in [0.05, 0.1) is 16.6 Å². The van der Waals surface area contributed by atoms with Gasteiger partial charge in [0.25, 0.3) is 5.92 Å². The minimum Gasteiger partial charge on any atom is -0.399 e. The summed E-state index contributed by atoms with van der Waals surface area (Å²) in [5, 5.41) is 0. The Morgan fingerprint density at radius 1 is 1.05 bits per heavy atom. The third kappa shape index (κ3) is 3.38. The van der Waals surface area contributed by atoms with Crippen molar-refractivity contribution >= 4 is 16.5 Å². The fourth-order valence-corrected chi connectivity index (χ4v) is 2.83. The van der Waals surface area contributed by atoms with Gasteiger partial charge in [0, 0.05) is 16.1 Å². The third-order valence-corrected chi connectivity index (χ3v) is 4.03. The van der Waals surface area contributed by atoms with Crippen LogP contribution in [0.15, 0.2) is 59.5 Å². The minimum atomic E-state index is -3.13. The molecule has 2 rings (SSSR count). The number of halogens is 2. The second-order valence-electron chi connectivity index (χ2n) is 4.13. The number of nitrogen functional groups attached to an aromatic ring is 1. The average molecular weight is 281 g/mol. The van der Waals surface area contributed by atoms with Crippen LogP contribution < -0.4 is 5.73 Å². The van der Waals surface area contributed by atoms with Crippen LogP contribution >= 0.6 is 0 Å².